The van der Waals surface area contributed by atoms with Crippen LogP contribution in [0.15, 0.2) is 48.5 Å². The normalized spacial score (nSPS) is 16.1. The van der Waals surface area contributed by atoms with E-state index in [2.05, 4.69) is 58.2 Å². The van der Waals surface area contributed by atoms with Crippen molar-refractivity contribution in [2.45, 2.75) is 51.5 Å². The van der Waals surface area contributed by atoms with Crippen LogP contribution in [0.2, 0.25) is 0 Å². The molecule has 2 aromatic carbocycles. The maximum absolute atomic E-state index is 12.4. The molecular formula is C26H34N2O2S. The number of nitrogens with one attached hydrogen (secondary N) is 1. The van der Waals surface area contributed by atoms with Crippen molar-refractivity contribution in [3.8, 4) is 0 Å². The minimum Gasteiger partial charge on any atom is -0.299 e. The van der Waals surface area contributed by atoms with Gasteiger partial charge in [-0.1, -0.05) is 61.0 Å². The molecule has 1 aliphatic heterocycles. The lowest BCUT2D eigenvalue weighted by Crippen LogP contribution is -2.31. The molecule has 0 saturated heterocycles. The van der Waals surface area contributed by atoms with Crippen LogP contribution in [0.1, 0.15) is 53.5 Å². The van der Waals surface area contributed by atoms with Crippen LogP contribution in [-0.2, 0) is 35.8 Å². The Kier molecular flexibility index (Phi) is 7.59. The monoisotopic (exact) mass is 438 g/mol. The molecule has 166 valence electrons. The SMILES string of the molecule is O=S(=O)(CCc1cccc2c1CCC=C2)NCCCCCN1CCc2ccccc2C1. The second-order valence-electron chi connectivity index (χ2n) is 8.74. The van der Waals surface area contributed by atoms with E-state index in [-0.39, 0.29) is 5.75 Å². The number of hydrogen-bond donors (Lipinski definition) is 1. The van der Waals surface area contributed by atoms with Gasteiger partial charge in [0, 0.05) is 19.6 Å². The first kappa shape index (κ1) is 22.3. The van der Waals surface area contributed by atoms with Crippen molar-refractivity contribution in [3.63, 3.8) is 0 Å². The highest BCUT2D eigenvalue weighted by Crippen LogP contribution is 2.23. The fourth-order valence-corrected chi connectivity index (χ4v) is 5.80. The molecule has 0 spiro atoms. The van der Waals surface area contributed by atoms with Crippen molar-refractivity contribution < 1.29 is 8.42 Å². The van der Waals surface area contributed by atoms with Crippen LogP contribution < -0.4 is 4.72 Å². The molecule has 0 radical (unpaired) electrons. The van der Waals surface area contributed by atoms with Gasteiger partial charge in [-0.3, -0.25) is 4.90 Å². The largest absolute Gasteiger partial charge is 0.299 e. The fourth-order valence-electron chi connectivity index (χ4n) is 4.71. The number of hydrogen-bond acceptors (Lipinski definition) is 3. The highest BCUT2D eigenvalue weighted by Gasteiger charge is 2.16. The van der Waals surface area contributed by atoms with Crippen molar-refractivity contribution >= 4 is 16.1 Å². The molecule has 0 saturated carbocycles. The summed E-state index contributed by atoms with van der Waals surface area (Å²) in [6, 6.07) is 14.9. The predicted molar refractivity (Wildman–Crippen MR) is 129 cm³/mol. The van der Waals surface area contributed by atoms with Gasteiger partial charge in [0.25, 0.3) is 0 Å². The number of unbranched alkanes of at least 4 members (excludes halogenated alkanes) is 2. The summed E-state index contributed by atoms with van der Waals surface area (Å²) in [4.78, 5) is 2.52. The van der Waals surface area contributed by atoms with Crippen LogP contribution in [0.4, 0.5) is 0 Å². The molecule has 1 N–H and O–H groups in total. The molecule has 4 rings (SSSR count). The summed E-state index contributed by atoms with van der Waals surface area (Å²) < 4.78 is 27.7. The van der Waals surface area contributed by atoms with Crippen molar-refractivity contribution in [1.29, 1.82) is 0 Å². The van der Waals surface area contributed by atoms with E-state index in [9.17, 15) is 8.42 Å². The Morgan fingerprint density at radius 1 is 0.935 bits per heavy atom. The average Bonchev–Trinajstić information content (AvgIpc) is 2.80. The van der Waals surface area contributed by atoms with Crippen LogP contribution in [0.3, 0.4) is 0 Å². The minimum atomic E-state index is -3.23. The molecule has 0 aromatic heterocycles. The number of benzene rings is 2. The van der Waals surface area contributed by atoms with Crippen LogP contribution in [-0.4, -0.2) is 38.7 Å². The number of allylic oxidation sites excluding steroid dienone is 1. The van der Waals surface area contributed by atoms with Gasteiger partial charge in [-0.15, -0.1) is 0 Å². The quantitative estimate of drug-likeness (QED) is 0.562. The summed E-state index contributed by atoms with van der Waals surface area (Å²) in [5.41, 5.74) is 6.68. The lowest BCUT2D eigenvalue weighted by Gasteiger charge is -2.28. The van der Waals surface area contributed by atoms with E-state index in [1.165, 1.54) is 27.8 Å². The lowest BCUT2D eigenvalue weighted by molar-refractivity contribution is 0.248. The molecule has 0 bridgehead atoms. The molecule has 1 aliphatic carbocycles. The Balaban J connectivity index is 1.13. The summed E-state index contributed by atoms with van der Waals surface area (Å²) in [6.45, 7) is 3.81. The Bertz CT molecular complexity index is 1010. The summed E-state index contributed by atoms with van der Waals surface area (Å²) >= 11 is 0. The third kappa shape index (κ3) is 6.28. The van der Waals surface area contributed by atoms with Gasteiger partial charge in [0.2, 0.25) is 10.0 Å². The summed E-state index contributed by atoms with van der Waals surface area (Å²) in [5.74, 6) is 0.167. The van der Waals surface area contributed by atoms with Gasteiger partial charge in [-0.25, -0.2) is 13.1 Å². The Labute approximate surface area is 187 Å². The van der Waals surface area contributed by atoms with Gasteiger partial charge in [0.1, 0.15) is 0 Å². The van der Waals surface area contributed by atoms with Crippen molar-refractivity contribution in [1.82, 2.24) is 9.62 Å². The van der Waals surface area contributed by atoms with Crippen LogP contribution in [0.25, 0.3) is 6.08 Å². The van der Waals surface area contributed by atoms with Crippen LogP contribution >= 0.6 is 0 Å². The molecular weight excluding hydrogens is 404 g/mol. The van der Waals surface area contributed by atoms with E-state index in [0.29, 0.717) is 13.0 Å². The van der Waals surface area contributed by atoms with E-state index in [1.54, 1.807) is 0 Å². The summed E-state index contributed by atoms with van der Waals surface area (Å²) in [5, 5.41) is 0. The molecule has 0 unspecified atom stereocenters. The zero-order valence-corrected chi connectivity index (χ0v) is 19.2. The molecule has 0 fully saturated rings. The standard InChI is InChI=1S/C26H34N2O2S/c29-31(30,20-16-24-13-8-12-23-10-4-5-14-26(23)24)27-17-6-1-7-18-28-19-15-22-9-2-3-11-25(22)21-28/h2-4,8-13,27H,1,5-7,14-21H2. The Morgan fingerprint density at radius 3 is 2.71 bits per heavy atom. The summed E-state index contributed by atoms with van der Waals surface area (Å²) in [6.07, 6.45) is 11.2. The van der Waals surface area contributed by atoms with Crippen molar-refractivity contribution in [3.05, 3.63) is 76.4 Å². The molecule has 1 heterocycles. The minimum absolute atomic E-state index is 0.167. The van der Waals surface area contributed by atoms with Crippen LogP contribution in [0.5, 0.6) is 0 Å². The smallest absolute Gasteiger partial charge is 0.211 e. The third-order valence-electron chi connectivity index (χ3n) is 6.49. The van der Waals surface area contributed by atoms with Crippen LogP contribution in [0, 0.1) is 0 Å². The van der Waals surface area contributed by atoms with E-state index >= 15 is 0 Å². The number of nitrogens with zero attached hydrogens (tertiary/aromatic N) is 1. The molecule has 0 atom stereocenters. The number of sulfonamides is 1. The predicted octanol–water partition coefficient (Wildman–Crippen LogP) is 4.34. The molecule has 5 heteroatoms. The molecule has 0 amide bonds. The van der Waals surface area contributed by atoms with E-state index < -0.39 is 10.0 Å². The second-order valence-corrected chi connectivity index (χ2v) is 10.7. The number of rotatable bonds is 10. The van der Waals surface area contributed by atoms with Gasteiger partial charge in [0.05, 0.1) is 5.75 Å². The molecule has 4 nitrogen and oxygen atoms in total. The van der Waals surface area contributed by atoms with Gasteiger partial charge in [-0.2, -0.15) is 0 Å². The summed E-state index contributed by atoms with van der Waals surface area (Å²) in [7, 11) is -3.23. The van der Waals surface area contributed by atoms with Gasteiger partial charge < -0.3 is 0 Å². The first-order valence-corrected chi connectivity index (χ1v) is 13.3. The van der Waals surface area contributed by atoms with Gasteiger partial charge >= 0.3 is 0 Å². The van der Waals surface area contributed by atoms with E-state index in [1.807, 2.05) is 6.07 Å². The fraction of sp³-hybridized carbons (Fsp3) is 0.462. The Morgan fingerprint density at radius 2 is 1.81 bits per heavy atom. The maximum atomic E-state index is 12.4. The zero-order chi connectivity index (χ0) is 21.5. The van der Waals surface area contributed by atoms with Gasteiger partial charge in [-0.05, 0) is 72.9 Å². The maximum Gasteiger partial charge on any atom is 0.211 e. The molecule has 2 aromatic rings. The highest BCUT2D eigenvalue weighted by atomic mass is 32.2. The van der Waals surface area contributed by atoms with Gasteiger partial charge in [0.15, 0.2) is 0 Å². The Hall–Kier alpha value is -1.95. The molecule has 2 aliphatic rings. The zero-order valence-electron chi connectivity index (χ0n) is 18.4. The lowest BCUT2D eigenvalue weighted by atomic mass is 9.92. The van der Waals surface area contributed by atoms with Crippen molar-refractivity contribution in [2.75, 3.05) is 25.4 Å². The number of fused-ring (bicyclic) bond motifs is 2. The first-order valence-electron chi connectivity index (χ1n) is 11.6. The van der Waals surface area contributed by atoms with E-state index in [4.69, 9.17) is 0 Å². The topological polar surface area (TPSA) is 49.4 Å². The highest BCUT2D eigenvalue weighted by molar-refractivity contribution is 7.89. The molecule has 31 heavy (non-hydrogen) atoms. The number of aryl methyl sites for hydroxylation is 1. The first-order chi connectivity index (χ1) is 15.1. The van der Waals surface area contributed by atoms with Crippen molar-refractivity contribution in [2.24, 2.45) is 0 Å². The third-order valence-corrected chi connectivity index (χ3v) is 7.88. The van der Waals surface area contributed by atoms with E-state index in [0.717, 1.165) is 58.2 Å². The average molecular weight is 439 g/mol. The second kappa shape index (κ2) is 10.6.